The van der Waals surface area contributed by atoms with E-state index in [9.17, 15) is 10.1 Å². The highest BCUT2D eigenvalue weighted by atomic mass is 16.5. The molecule has 0 atom stereocenters. The first-order valence-corrected chi connectivity index (χ1v) is 12.3. The molecule has 4 N–H and O–H groups in total. The molecule has 1 amide bonds. The Kier molecular flexibility index (Phi) is 7.64. The number of rotatable bonds is 8. The van der Waals surface area contributed by atoms with Crippen molar-refractivity contribution in [3.63, 3.8) is 0 Å². The van der Waals surface area contributed by atoms with Gasteiger partial charge in [0.15, 0.2) is 0 Å². The molecule has 11 nitrogen and oxygen atoms in total. The van der Waals surface area contributed by atoms with Crippen molar-refractivity contribution in [1.29, 1.82) is 10.7 Å². The molecule has 0 unspecified atom stereocenters. The number of pyridine rings is 1. The van der Waals surface area contributed by atoms with Crippen LogP contribution in [0.15, 0.2) is 42.2 Å². The van der Waals surface area contributed by atoms with Gasteiger partial charge >= 0.3 is 0 Å². The molecular weight excluding hydrogens is 484 g/mol. The maximum atomic E-state index is 11.4. The molecule has 198 valence electrons. The van der Waals surface area contributed by atoms with Gasteiger partial charge in [-0.05, 0) is 24.3 Å². The second kappa shape index (κ2) is 10.9. The molecule has 2 aromatic heterocycles. The smallest absolute Gasteiger partial charge is 0.222 e. The number of benzene rings is 1. The van der Waals surface area contributed by atoms with Crippen LogP contribution in [0.3, 0.4) is 0 Å². The van der Waals surface area contributed by atoms with E-state index in [1.54, 1.807) is 42.0 Å². The number of nitrogens with one attached hydrogen (secondary N) is 4. The molecule has 4 rings (SSSR count). The van der Waals surface area contributed by atoms with Gasteiger partial charge in [0, 0.05) is 49.8 Å². The monoisotopic (exact) mass is 516 g/mol. The first-order chi connectivity index (χ1) is 18.0. The van der Waals surface area contributed by atoms with E-state index in [1.165, 1.54) is 13.1 Å². The zero-order chi connectivity index (χ0) is 27.4. The van der Waals surface area contributed by atoms with Crippen molar-refractivity contribution < 1.29 is 14.3 Å². The molecule has 0 radical (unpaired) electrons. The number of ether oxygens (including phenoxy) is 2. The van der Waals surface area contributed by atoms with Crippen molar-refractivity contribution in [2.24, 2.45) is 18.4 Å². The number of allylic oxidation sites excluding steroid dienone is 1. The zero-order valence-electron chi connectivity index (χ0n) is 22.2. The minimum Gasteiger partial charge on any atom is -0.456 e. The van der Waals surface area contributed by atoms with Crippen LogP contribution >= 0.6 is 0 Å². The normalized spacial score (nSPS) is 13.9. The lowest BCUT2D eigenvalue weighted by Gasteiger charge is -2.30. The second-order valence-electron chi connectivity index (χ2n) is 10.2. The predicted molar refractivity (Wildman–Crippen MR) is 145 cm³/mol. The molecule has 1 fully saturated rings. The number of fused-ring (bicyclic) bond motifs is 1. The molecule has 1 aromatic carbocycles. The standard InChI is InChI=1S/C27H32N8O3/c1-16(36)32-24-10-18(8-9-30-24)38-21-7-6-20-25(19(21)12-28)35(5)26(33-20)34-23(29)11-22(27(2,3)4)31-13-17-14-37-15-17/h6-11,17,31H,13-15H2,1-5H3,(H2,29,33,34)(H,30,32,36)/b22-11-. The lowest BCUT2D eigenvalue weighted by molar-refractivity contribution is -0.114. The van der Waals surface area contributed by atoms with Crippen LogP contribution in [-0.4, -0.2) is 46.0 Å². The van der Waals surface area contributed by atoms with E-state index in [0.29, 0.717) is 45.8 Å². The third-order valence-corrected chi connectivity index (χ3v) is 6.00. The molecule has 38 heavy (non-hydrogen) atoms. The Morgan fingerprint density at radius 2 is 2.08 bits per heavy atom. The van der Waals surface area contributed by atoms with Crippen molar-refractivity contribution >= 4 is 34.5 Å². The number of carbonyl (C=O) groups is 1. The Bertz CT molecular complexity index is 1440. The number of amides is 1. The van der Waals surface area contributed by atoms with Crippen LogP contribution in [-0.2, 0) is 16.6 Å². The van der Waals surface area contributed by atoms with Gasteiger partial charge in [-0.3, -0.25) is 10.2 Å². The van der Waals surface area contributed by atoms with E-state index in [1.807, 2.05) is 0 Å². The van der Waals surface area contributed by atoms with Gasteiger partial charge in [-0.1, -0.05) is 20.8 Å². The molecule has 0 spiro atoms. The van der Waals surface area contributed by atoms with Crippen LogP contribution in [0.4, 0.5) is 11.8 Å². The summed E-state index contributed by atoms with van der Waals surface area (Å²) in [6.45, 7) is 9.97. The SMILES string of the molecule is CC(=O)Nc1cc(Oc2ccc3nc(NC(=N)/C=C(\NCC4COC4)C(C)(C)C)n(C)c3c2C#N)ccn1. The van der Waals surface area contributed by atoms with Crippen LogP contribution in [0.5, 0.6) is 11.5 Å². The first-order valence-electron chi connectivity index (χ1n) is 12.3. The van der Waals surface area contributed by atoms with E-state index in [4.69, 9.17) is 14.9 Å². The Morgan fingerprint density at radius 3 is 2.71 bits per heavy atom. The summed E-state index contributed by atoms with van der Waals surface area (Å²) in [5.41, 5.74) is 2.20. The molecule has 0 saturated carbocycles. The average molecular weight is 517 g/mol. The van der Waals surface area contributed by atoms with Gasteiger partial charge in [0.05, 0.1) is 24.2 Å². The summed E-state index contributed by atoms with van der Waals surface area (Å²) in [7, 11) is 1.78. The van der Waals surface area contributed by atoms with E-state index in [-0.39, 0.29) is 17.2 Å². The fourth-order valence-electron chi connectivity index (χ4n) is 3.93. The quantitative estimate of drug-likeness (QED) is 0.258. The maximum Gasteiger partial charge on any atom is 0.222 e. The number of imidazole rings is 1. The molecular formula is C27H32N8O3. The van der Waals surface area contributed by atoms with E-state index >= 15 is 0 Å². The summed E-state index contributed by atoms with van der Waals surface area (Å²) in [6, 6.07) is 8.87. The summed E-state index contributed by atoms with van der Waals surface area (Å²) in [6.07, 6.45) is 3.28. The van der Waals surface area contributed by atoms with E-state index < -0.39 is 0 Å². The second-order valence-corrected chi connectivity index (χ2v) is 10.2. The number of hydrogen-bond acceptors (Lipinski definition) is 8. The van der Waals surface area contributed by atoms with E-state index in [0.717, 1.165) is 25.5 Å². The lowest BCUT2D eigenvalue weighted by Crippen LogP contribution is -2.38. The Morgan fingerprint density at radius 1 is 1.32 bits per heavy atom. The topological polar surface area (TPSA) is 150 Å². The number of amidine groups is 1. The number of nitriles is 1. The van der Waals surface area contributed by atoms with Crippen LogP contribution in [0.1, 0.15) is 33.3 Å². The summed E-state index contributed by atoms with van der Waals surface area (Å²) >= 11 is 0. The molecule has 1 aliphatic rings. The van der Waals surface area contributed by atoms with E-state index in [2.05, 4.69) is 52.8 Å². The molecule has 3 heterocycles. The maximum absolute atomic E-state index is 11.4. The third kappa shape index (κ3) is 6.10. The number of carbonyl (C=O) groups excluding carboxylic acids is 1. The largest absolute Gasteiger partial charge is 0.456 e. The fraction of sp³-hybridized carbons (Fsp3) is 0.370. The summed E-state index contributed by atoms with van der Waals surface area (Å²) in [5.74, 6) is 1.93. The summed E-state index contributed by atoms with van der Waals surface area (Å²) in [4.78, 5) is 20.0. The number of nitrogens with zero attached hydrogens (tertiary/aromatic N) is 4. The third-order valence-electron chi connectivity index (χ3n) is 6.00. The van der Waals surface area contributed by atoms with Crippen molar-refractivity contribution in [2.45, 2.75) is 27.7 Å². The number of anilines is 2. The highest BCUT2D eigenvalue weighted by Crippen LogP contribution is 2.33. The lowest BCUT2D eigenvalue weighted by atomic mass is 9.91. The number of aryl methyl sites for hydroxylation is 1. The fourth-order valence-corrected chi connectivity index (χ4v) is 3.93. The Hall–Kier alpha value is -4.43. The van der Waals surface area contributed by atoms with Gasteiger partial charge in [-0.25, -0.2) is 9.97 Å². The van der Waals surface area contributed by atoms with Gasteiger partial charge in [0.1, 0.15) is 34.8 Å². The molecule has 1 saturated heterocycles. The molecule has 1 aliphatic heterocycles. The van der Waals surface area contributed by atoms with Crippen LogP contribution < -0.4 is 20.7 Å². The van der Waals surface area contributed by atoms with Crippen LogP contribution in [0, 0.1) is 28.1 Å². The number of hydrogen-bond donors (Lipinski definition) is 4. The summed E-state index contributed by atoms with van der Waals surface area (Å²) < 4.78 is 13.0. The van der Waals surface area contributed by atoms with Crippen molar-refractivity contribution in [3.8, 4) is 17.6 Å². The van der Waals surface area contributed by atoms with Gasteiger partial charge in [-0.15, -0.1) is 0 Å². The molecule has 11 heteroatoms. The van der Waals surface area contributed by atoms with Crippen molar-refractivity contribution in [1.82, 2.24) is 19.9 Å². The highest BCUT2D eigenvalue weighted by Gasteiger charge is 2.23. The van der Waals surface area contributed by atoms with Gasteiger partial charge in [-0.2, -0.15) is 5.26 Å². The minimum absolute atomic E-state index is 0.169. The van der Waals surface area contributed by atoms with Crippen molar-refractivity contribution in [3.05, 3.63) is 47.8 Å². The summed E-state index contributed by atoms with van der Waals surface area (Å²) in [5, 5.41) is 27.7. The Labute approximate surface area is 221 Å². The number of aromatic nitrogens is 3. The van der Waals surface area contributed by atoms with Gasteiger partial charge in [0.2, 0.25) is 11.9 Å². The molecule has 3 aromatic rings. The zero-order valence-corrected chi connectivity index (χ0v) is 22.2. The Balaban J connectivity index is 1.58. The van der Waals surface area contributed by atoms with Gasteiger partial charge < -0.3 is 30.0 Å². The van der Waals surface area contributed by atoms with Gasteiger partial charge in [0.25, 0.3) is 0 Å². The highest BCUT2D eigenvalue weighted by molar-refractivity contribution is 6.02. The predicted octanol–water partition coefficient (Wildman–Crippen LogP) is 4.15. The van der Waals surface area contributed by atoms with Crippen LogP contribution in [0.2, 0.25) is 0 Å². The molecule has 0 aliphatic carbocycles. The molecule has 0 bridgehead atoms. The average Bonchev–Trinajstić information content (AvgIpc) is 3.11. The first kappa shape index (κ1) is 26.6. The van der Waals surface area contributed by atoms with Crippen molar-refractivity contribution in [2.75, 3.05) is 30.4 Å². The van der Waals surface area contributed by atoms with Crippen LogP contribution in [0.25, 0.3) is 11.0 Å². The minimum atomic E-state index is -0.248.